The Morgan fingerprint density at radius 2 is 1.86 bits per heavy atom. The maximum Gasteiger partial charge on any atom is 0.340 e. The number of carbonyl (C=O) groups excluding carboxylic acids is 1. The van der Waals surface area contributed by atoms with Crippen LogP contribution in [0.2, 0.25) is 5.02 Å². The molecule has 1 aliphatic heterocycles. The molecule has 2 N–H and O–H groups in total. The molecule has 0 spiro atoms. The highest BCUT2D eigenvalue weighted by Crippen LogP contribution is 2.47. The van der Waals surface area contributed by atoms with Crippen LogP contribution in [0.4, 0.5) is 4.39 Å². The first-order valence-electron chi connectivity index (χ1n) is 8.82. The van der Waals surface area contributed by atoms with Gasteiger partial charge in [-0.25, -0.2) is 9.18 Å². The van der Waals surface area contributed by atoms with Gasteiger partial charge in [0.1, 0.15) is 17.1 Å². The third kappa shape index (κ3) is 2.98. The second-order valence-corrected chi connectivity index (χ2v) is 6.81. The van der Waals surface area contributed by atoms with Gasteiger partial charge in [0.15, 0.2) is 0 Å². The molecule has 3 aromatic rings. The molecule has 1 unspecified atom stereocenters. The van der Waals surface area contributed by atoms with Crippen molar-refractivity contribution in [2.24, 2.45) is 5.73 Å². The molecule has 0 saturated carbocycles. The summed E-state index contributed by atoms with van der Waals surface area (Å²) in [7, 11) is 0. The van der Waals surface area contributed by atoms with Crippen molar-refractivity contribution in [3.63, 3.8) is 0 Å². The van der Waals surface area contributed by atoms with Crippen LogP contribution in [-0.2, 0) is 9.53 Å². The summed E-state index contributed by atoms with van der Waals surface area (Å²) in [6, 6.07) is 15.2. The third-order valence-electron chi connectivity index (χ3n) is 4.75. The average molecular weight is 398 g/mol. The van der Waals surface area contributed by atoms with Crippen LogP contribution in [0.3, 0.4) is 0 Å². The summed E-state index contributed by atoms with van der Waals surface area (Å²) in [6.45, 7) is 1.90. The zero-order chi connectivity index (χ0) is 19.8. The number of hydrogen-bond donors (Lipinski definition) is 1. The Hall–Kier alpha value is -3.05. The highest BCUT2D eigenvalue weighted by atomic mass is 35.5. The molecule has 142 valence electrons. The van der Waals surface area contributed by atoms with Gasteiger partial charge < -0.3 is 15.2 Å². The molecule has 0 aromatic heterocycles. The fraction of sp³-hybridized carbons (Fsp3) is 0.136. The molecule has 3 aromatic carbocycles. The van der Waals surface area contributed by atoms with Gasteiger partial charge in [0, 0.05) is 21.4 Å². The molecule has 4 nitrogen and oxygen atoms in total. The predicted molar refractivity (Wildman–Crippen MR) is 106 cm³/mol. The molecule has 0 fully saturated rings. The summed E-state index contributed by atoms with van der Waals surface area (Å²) in [5.41, 5.74) is 7.69. The van der Waals surface area contributed by atoms with Gasteiger partial charge >= 0.3 is 5.97 Å². The highest BCUT2D eigenvalue weighted by molar-refractivity contribution is 6.36. The summed E-state index contributed by atoms with van der Waals surface area (Å²) in [5.74, 6) is -1.05. The van der Waals surface area contributed by atoms with Gasteiger partial charge in [-0.2, -0.15) is 0 Å². The monoisotopic (exact) mass is 397 g/mol. The number of esters is 1. The van der Waals surface area contributed by atoms with Crippen molar-refractivity contribution < 1.29 is 18.7 Å². The molecule has 0 bridgehead atoms. The van der Waals surface area contributed by atoms with Crippen LogP contribution >= 0.6 is 11.6 Å². The highest BCUT2D eigenvalue weighted by Gasteiger charge is 2.36. The van der Waals surface area contributed by atoms with Crippen molar-refractivity contribution in [3.05, 3.63) is 88.0 Å². The van der Waals surface area contributed by atoms with Gasteiger partial charge in [0.25, 0.3) is 0 Å². The molecule has 0 radical (unpaired) electrons. The topological polar surface area (TPSA) is 61.5 Å². The molecular weight excluding hydrogens is 381 g/mol. The fourth-order valence-corrected chi connectivity index (χ4v) is 3.83. The number of nitrogens with two attached hydrogens (primary N) is 1. The van der Waals surface area contributed by atoms with E-state index in [1.165, 1.54) is 12.1 Å². The minimum absolute atomic E-state index is 0.0345. The molecule has 28 heavy (non-hydrogen) atoms. The Labute approximate surface area is 166 Å². The molecule has 4 rings (SSSR count). The zero-order valence-corrected chi connectivity index (χ0v) is 15.8. The minimum atomic E-state index is -0.592. The zero-order valence-electron chi connectivity index (χ0n) is 15.0. The molecule has 0 saturated heterocycles. The Morgan fingerprint density at radius 1 is 1.18 bits per heavy atom. The van der Waals surface area contributed by atoms with E-state index in [1.54, 1.807) is 25.1 Å². The van der Waals surface area contributed by atoms with E-state index in [1.807, 2.05) is 24.3 Å². The lowest BCUT2D eigenvalue weighted by molar-refractivity contribution is -0.139. The van der Waals surface area contributed by atoms with Crippen LogP contribution in [0.1, 0.15) is 24.0 Å². The largest absolute Gasteiger partial charge is 0.462 e. The fourth-order valence-electron chi connectivity index (χ4n) is 3.54. The lowest BCUT2D eigenvalue weighted by Crippen LogP contribution is -2.27. The van der Waals surface area contributed by atoms with Crippen LogP contribution in [0.25, 0.3) is 10.8 Å². The van der Waals surface area contributed by atoms with E-state index in [0.717, 1.165) is 10.8 Å². The predicted octanol–water partition coefficient (Wildman–Crippen LogP) is 4.89. The smallest absolute Gasteiger partial charge is 0.340 e. The molecule has 0 aliphatic carbocycles. The van der Waals surface area contributed by atoms with Crippen LogP contribution < -0.4 is 10.5 Å². The maximum atomic E-state index is 13.5. The van der Waals surface area contributed by atoms with Crippen molar-refractivity contribution in [2.45, 2.75) is 12.8 Å². The lowest BCUT2D eigenvalue weighted by Gasteiger charge is -2.29. The molecule has 1 heterocycles. The Kier molecular flexibility index (Phi) is 4.69. The summed E-state index contributed by atoms with van der Waals surface area (Å²) in [5, 5.41) is 2.12. The number of rotatable bonds is 3. The van der Waals surface area contributed by atoms with Gasteiger partial charge in [0.2, 0.25) is 5.88 Å². The van der Waals surface area contributed by atoms with E-state index in [2.05, 4.69) is 0 Å². The van der Waals surface area contributed by atoms with E-state index >= 15 is 0 Å². The van der Waals surface area contributed by atoms with Crippen molar-refractivity contribution in [3.8, 4) is 5.75 Å². The Morgan fingerprint density at radius 3 is 2.54 bits per heavy atom. The summed E-state index contributed by atoms with van der Waals surface area (Å²) in [4.78, 5) is 12.7. The van der Waals surface area contributed by atoms with Gasteiger partial charge in [-0.15, -0.1) is 0 Å². The minimum Gasteiger partial charge on any atom is -0.462 e. The van der Waals surface area contributed by atoms with Crippen molar-refractivity contribution in [2.75, 3.05) is 6.61 Å². The molecule has 1 aliphatic rings. The first-order valence-corrected chi connectivity index (χ1v) is 9.20. The van der Waals surface area contributed by atoms with E-state index in [9.17, 15) is 9.18 Å². The quantitative estimate of drug-likeness (QED) is 0.639. The number of ether oxygens (including phenoxy) is 2. The molecule has 6 heteroatoms. The number of fused-ring (bicyclic) bond motifs is 3. The van der Waals surface area contributed by atoms with E-state index < -0.39 is 11.9 Å². The van der Waals surface area contributed by atoms with Crippen LogP contribution in [0, 0.1) is 5.82 Å². The van der Waals surface area contributed by atoms with Gasteiger partial charge in [-0.3, -0.25) is 0 Å². The maximum absolute atomic E-state index is 13.5. The second kappa shape index (κ2) is 7.17. The SMILES string of the molecule is CCOC(=O)C1=C(N)Oc2c(cc(Cl)c3ccccc23)C1c1ccc(F)cc1. The van der Waals surface area contributed by atoms with E-state index in [4.69, 9.17) is 26.8 Å². The normalized spacial score (nSPS) is 15.9. The first kappa shape index (κ1) is 18.3. The Balaban J connectivity index is 2.01. The number of hydrogen-bond acceptors (Lipinski definition) is 4. The summed E-state index contributed by atoms with van der Waals surface area (Å²) < 4.78 is 24.6. The summed E-state index contributed by atoms with van der Waals surface area (Å²) in [6.07, 6.45) is 0. The van der Waals surface area contributed by atoms with Crippen molar-refractivity contribution in [1.29, 1.82) is 0 Å². The summed E-state index contributed by atoms with van der Waals surface area (Å²) >= 11 is 6.52. The Bertz CT molecular complexity index is 1110. The van der Waals surface area contributed by atoms with E-state index in [-0.39, 0.29) is 23.9 Å². The van der Waals surface area contributed by atoms with Crippen molar-refractivity contribution >= 4 is 28.3 Å². The van der Waals surface area contributed by atoms with Crippen LogP contribution in [0.5, 0.6) is 5.75 Å². The lowest BCUT2D eigenvalue weighted by atomic mass is 9.82. The second-order valence-electron chi connectivity index (χ2n) is 6.41. The molecular formula is C22H17ClFNO3. The third-order valence-corrected chi connectivity index (χ3v) is 5.06. The average Bonchev–Trinajstić information content (AvgIpc) is 2.69. The van der Waals surface area contributed by atoms with Gasteiger partial charge in [0.05, 0.1) is 12.5 Å². The number of carbonyl (C=O) groups is 1. The first-order chi connectivity index (χ1) is 13.5. The van der Waals surface area contributed by atoms with Crippen LogP contribution in [0.15, 0.2) is 66.1 Å². The standard InChI is InChI=1S/C22H17ClFNO3/c1-2-27-22(26)19-18(12-7-9-13(24)10-8-12)16-11-17(23)14-5-3-4-6-15(14)20(16)28-21(19)25/h3-11,18H,2,25H2,1H3. The number of halogens is 2. The van der Waals surface area contributed by atoms with Gasteiger partial charge in [-0.1, -0.05) is 48.0 Å². The number of benzene rings is 3. The molecule has 0 amide bonds. The van der Waals surface area contributed by atoms with Crippen molar-refractivity contribution in [1.82, 2.24) is 0 Å². The van der Waals surface area contributed by atoms with Gasteiger partial charge in [-0.05, 0) is 30.7 Å². The van der Waals surface area contributed by atoms with E-state index in [0.29, 0.717) is 21.9 Å². The molecule has 1 atom stereocenters. The van der Waals surface area contributed by atoms with Crippen LogP contribution in [-0.4, -0.2) is 12.6 Å².